The molecule has 1 aliphatic rings. The molecule has 0 atom stereocenters. The second-order valence-electron chi connectivity index (χ2n) is 10.9. The minimum atomic E-state index is -0.105. The Hall–Kier alpha value is -5.40. The summed E-state index contributed by atoms with van der Waals surface area (Å²) >= 11 is 0. The Bertz CT molecular complexity index is 1890. The highest BCUT2D eigenvalue weighted by atomic mass is 15.0. The van der Waals surface area contributed by atoms with Crippen molar-refractivity contribution in [3.63, 3.8) is 0 Å². The van der Waals surface area contributed by atoms with Gasteiger partial charge in [0.05, 0.1) is 11.6 Å². The predicted octanol–water partition coefficient (Wildman–Crippen LogP) is 8.72. The number of aromatic nitrogens is 3. The van der Waals surface area contributed by atoms with E-state index in [0.29, 0.717) is 23.0 Å². The molecule has 194 valence electrons. The molecule has 0 aliphatic heterocycles. The summed E-state index contributed by atoms with van der Waals surface area (Å²) in [5.74, 6) is 1.93. The van der Waals surface area contributed by atoms with Gasteiger partial charge in [-0.15, -0.1) is 0 Å². The van der Waals surface area contributed by atoms with Crippen molar-refractivity contribution in [2.45, 2.75) is 19.3 Å². The molecule has 0 amide bonds. The lowest BCUT2D eigenvalue weighted by Crippen LogP contribution is -2.14. The second kappa shape index (κ2) is 9.66. The van der Waals surface area contributed by atoms with Crippen LogP contribution in [0.2, 0.25) is 0 Å². The van der Waals surface area contributed by atoms with E-state index in [4.69, 9.17) is 15.0 Å². The van der Waals surface area contributed by atoms with E-state index in [-0.39, 0.29) is 5.41 Å². The van der Waals surface area contributed by atoms with Crippen molar-refractivity contribution < 1.29 is 0 Å². The quantitative estimate of drug-likeness (QED) is 0.230. The molecule has 0 bridgehead atoms. The Balaban J connectivity index is 1.28. The Morgan fingerprint density at radius 3 is 1.46 bits per heavy atom. The van der Waals surface area contributed by atoms with E-state index in [0.717, 1.165) is 33.4 Å². The monoisotopic (exact) mass is 526 g/mol. The molecule has 4 nitrogen and oxygen atoms in total. The molecule has 0 fully saturated rings. The van der Waals surface area contributed by atoms with Gasteiger partial charge in [-0.25, -0.2) is 15.0 Å². The number of rotatable bonds is 4. The van der Waals surface area contributed by atoms with Crippen LogP contribution in [0.5, 0.6) is 0 Å². The zero-order valence-electron chi connectivity index (χ0n) is 22.8. The van der Waals surface area contributed by atoms with Crippen LogP contribution in [0.15, 0.2) is 121 Å². The molecule has 0 unspecified atom stereocenters. The third kappa shape index (κ3) is 4.29. The Labute approximate surface area is 239 Å². The summed E-state index contributed by atoms with van der Waals surface area (Å²) in [5, 5.41) is 9.50. The maximum atomic E-state index is 9.50. The third-order valence-corrected chi connectivity index (χ3v) is 7.98. The van der Waals surface area contributed by atoms with Gasteiger partial charge in [0.15, 0.2) is 17.5 Å². The van der Waals surface area contributed by atoms with E-state index in [1.54, 1.807) is 0 Å². The molecule has 7 rings (SSSR count). The van der Waals surface area contributed by atoms with Crippen molar-refractivity contribution in [1.82, 2.24) is 15.0 Å². The van der Waals surface area contributed by atoms with Crippen LogP contribution in [0.25, 0.3) is 56.4 Å². The number of benzene rings is 5. The van der Waals surface area contributed by atoms with Crippen molar-refractivity contribution in [3.8, 4) is 62.5 Å². The first-order chi connectivity index (χ1) is 20.0. The van der Waals surface area contributed by atoms with Crippen molar-refractivity contribution in [1.29, 1.82) is 5.26 Å². The van der Waals surface area contributed by atoms with Crippen LogP contribution >= 0.6 is 0 Å². The van der Waals surface area contributed by atoms with Crippen molar-refractivity contribution in [2.24, 2.45) is 0 Å². The molecular weight excluding hydrogens is 500 g/mol. The molecule has 5 aromatic carbocycles. The first-order valence-electron chi connectivity index (χ1n) is 13.7. The van der Waals surface area contributed by atoms with E-state index in [1.165, 1.54) is 16.7 Å². The Morgan fingerprint density at radius 1 is 0.488 bits per heavy atom. The van der Waals surface area contributed by atoms with Gasteiger partial charge >= 0.3 is 0 Å². The van der Waals surface area contributed by atoms with E-state index in [2.05, 4.69) is 68.4 Å². The lowest BCUT2D eigenvalue weighted by atomic mass is 9.82. The fourth-order valence-corrected chi connectivity index (χ4v) is 5.77. The molecule has 1 aliphatic carbocycles. The molecule has 0 saturated carbocycles. The van der Waals surface area contributed by atoms with Gasteiger partial charge in [0.1, 0.15) is 0 Å². The lowest BCUT2D eigenvalue weighted by molar-refractivity contribution is 0.660. The second-order valence-corrected chi connectivity index (χ2v) is 10.9. The summed E-state index contributed by atoms with van der Waals surface area (Å²) < 4.78 is 0. The van der Waals surface area contributed by atoms with Gasteiger partial charge < -0.3 is 0 Å². The van der Waals surface area contributed by atoms with Gasteiger partial charge in [0, 0.05) is 22.1 Å². The number of hydrogen-bond acceptors (Lipinski definition) is 4. The summed E-state index contributed by atoms with van der Waals surface area (Å²) in [6.07, 6.45) is 0. The van der Waals surface area contributed by atoms with E-state index in [1.807, 2.05) is 72.8 Å². The molecule has 0 radical (unpaired) electrons. The summed E-state index contributed by atoms with van der Waals surface area (Å²) in [7, 11) is 0. The predicted molar refractivity (Wildman–Crippen MR) is 164 cm³/mol. The zero-order chi connectivity index (χ0) is 28.0. The minimum Gasteiger partial charge on any atom is -0.208 e. The molecule has 0 spiro atoms. The maximum Gasteiger partial charge on any atom is 0.164 e. The van der Waals surface area contributed by atoms with Crippen molar-refractivity contribution >= 4 is 0 Å². The fraction of sp³-hybridized carbons (Fsp3) is 0.0811. The van der Waals surface area contributed by atoms with E-state index in [9.17, 15) is 5.26 Å². The Kier molecular flexibility index (Phi) is 5.80. The number of hydrogen-bond donors (Lipinski definition) is 0. The molecule has 4 heteroatoms. The van der Waals surface area contributed by atoms with Crippen LogP contribution in [-0.4, -0.2) is 15.0 Å². The van der Waals surface area contributed by atoms with Gasteiger partial charge in [0.25, 0.3) is 0 Å². The Morgan fingerprint density at radius 2 is 0.927 bits per heavy atom. The van der Waals surface area contributed by atoms with Gasteiger partial charge in [0.2, 0.25) is 0 Å². The summed E-state index contributed by atoms with van der Waals surface area (Å²) in [5.41, 5.74) is 10.5. The van der Waals surface area contributed by atoms with Gasteiger partial charge in [-0.2, -0.15) is 5.26 Å². The molecule has 6 aromatic rings. The normalized spacial score (nSPS) is 12.8. The van der Waals surface area contributed by atoms with Crippen LogP contribution < -0.4 is 0 Å². The van der Waals surface area contributed by atoms with Crippen LogP contribution in [0, 0.1) is 11.3 Å². The number of nitriles is 1. The van der Waals surface area contributed by atoms with Crippen LogP contribution in [0.1, 0.15) is 30.5 Å². The van der Waals surface area contributed by atoms with Crippen LogP contribution in [0.3, 0.4) is 0 Å². The highest BCUT2D eigenvalue weighted by Crippen LogP contribution is 2.49. The fourth-order valence-electron chi connectivity index (χ4n) is 5.77. The molecule has 0 N–H and O–H groups in total. The average Bonchev–Trinajstić information content (AvgIpc) is 3.27. The van der Waals surface area contributed by atoms with Crippen molar-refractivity contribution in [3.05, 3.63) is 138 Å². The number of fused-ring (bicyclic) bond motifs is 3. The van der Waals surface area contributed by atoms with Gasteiger partial charge in [-0.1, -0.05) is 117 Å². The highest BCUT2D eigenvalue weighted by molar-refractivity contribution is 5.85. The van der Waals surface area contributed by atoms with Crippen molar-refractivity contribution in [2.75, 3.05) is 0 Å². The van der Waals surface area contributed by atoms with Gasteiger partial charge in [-0.3, -0.25) is 0 Å². The summed E-state index contributed by atoms with van der Waals surface area (Å²) in [6.45, 7) is 4.50. The van der Waals surface area contributed by atoms with Crippen LogP contribution in [-0.2, 0) is 5.41 Å². The maximum absolute atomic E-state index is 9.50. The minimum absolute atomic E-state index is 0.105. The third-order valence-electron chi connectivity index (χ3n) is 7.98. The van der Waals surface area contributed by atoms with Crippen LogP contribution in [0.4, 0.5) is 0 Å². The smallest absolute Gasteiger partial charge is 0.164 e. The topological polar surface area (TPSA) is 62.5 Å². The molecule has 1 heterocycles. The highest BCUT2D eigenvalue weighted by Gasteiger charge is 2.35. The number of nitrogens with zero attached hydrogens (tertiary/aromatic N) is 4. The molecule has 0 saturated heterocycles. The van der Waals surface area contributed by atoms with Gasteiger partial charge in [-0.05, 0) is 51.6 Å². The average molecular weight is 527 g/mol. The zero-order valence-corrected chi connectivity index (χ0v) is 22.8. The lowest BCUT2D eigenvalue weighted by Gasteiger charge is -2.21. The first kappa shape index (κ1) is 24.6. The molecule has 1 aromatic heterocycles. The standard InChI is InChI=1S/C37H26N4/c1-37(2)32-19-13-24(23-38)21-30(32)31-22-29(18-20-33(31)37)25-14-16-28(17-15-25)36-40-34(26-9-5-3-6-10-26)39-35(41-36)27-11-7-4-8-12-27/h3-22H,1-2H3. The largest absolute Gasteiger partial charge is 0.208 e. The SMILES string of the molecule is CC1(C)c2ccc(C#N)cc2-c2cc(-c3ccc(-c4nc(-c5ccccc5)nc(-c5ccccc5)n4)cc3)ccc21. The van der Waals surface area contributed by atoms with E-state index < -0.39 is 0 Å². The summed E-state index contributed by atoms with van der Waals surface area (Å²) in [4.78, 5) is 14.5. The molecule has 41 heavy (non-hydrogen) atoms. The summed E-state index contributed by atoms with van der Waals surface area (Å²) in [6, 6.07) is 43.4. The first-order valence-corrected chi connectivity index (χ1v) is 13.7. The van der Waals surface area contributed by atoms with E-state index >= 15 is 0 Å². The molecular formula is C37H26N4.